The van der Waals surface area contributed by atoms with Crippen molar-refractivity contribution in [1.82, 2.24) is 0 Å². The SMILES string of the molecule is Nc1c(C(=O)c2cccc(Cl)c2Cl)oc2cc3c(cc12)CCC3. The Kier molecular flexibility index (Phi) is 3.36. The molecule has 2 N–H and O–H groups in total. The quantitative estimate of drug-likeness (QED) is 0.661. The normalized spacial score (nSPS) is 13.5. The zero-order valence-corrected chi connectivity index (χ0v) is 13.7. The molecule has 2 aromatic carbocycles. The zero-order valence-electron chi connectivity index (χ0n) is 12.2. The first-order valence-corrected chi connectivity index (χ1v) is 8.14. The number of benzene rings is 2. The molecule has 3 nitrogen and oxygen atoms in total. The standard InChI is InChI=1S/C18H13Cl2NO2/c19-13-6-2-5-11(15(13)20)17(22)18-16(21)12-7-9-3-1-4-10(9)8-14(12)23-18/h2,5-8H,1,3-4,21H2. The average Bonchev–Trinajstić information content (AvgIpc) is 3.12. The maximum absolute atomic E-state index is 12.7. The molecule has 1 heterocycles. The van der Waals surface area contributed by atoms with Gasteiger partial charge in [0.1, 0.15) is 5.58 Å². The summed E-state index contributed by atoms with van der Waals surface area (Å²) in [5.41, 5.74) is 10.0. The number of ketones is 1. The van der Waals surface area contributed by atoms with E-state index in [0.29, 0.717) is 16.3 Å². The first-order chi connectivity index (χ1) is 11.1. The fourth-order valence-corrected chi connectivity index (χ4v) is 3.54. The minimum Gasteiger partial charge on any atom is -0.450 e. The molecule has 1 aliphatic carbocycles. The fourth-order valence-electron chi connectivity index (χ4n) is 3.15. The number of anilines is 1. The predicted octanol–water partition coefficient (Wildman–Crippen LogP) is 5.04. The summed E-state index contributed by atoms with van der Waals surface area (Å²) >= 11 is 12.1. The minimum atomic E-state index is -0.355. The molecule has 0 radical (unpaired) electrons. The van der Waals surface area contributed by atoms with Crippen molar-refractivity contribution in [3.8, 4) is 0 Å². The molecule has 0 unspecified atom stereocenters. The lowest BCUT2D eigenvalue weighted by molar-refractivity contribution is 0.101. The van der Waals surface area contributed by atoms with Crippen LogP contribution in [0.3, 0.4) is 0 Å². The van der Waals surface area contributed by atoms with E-state index in [-0.39, 0.29) is 22.1 Å². The highest BCUT2D eigenvalue weighted by molar-refractivity contribution is 6.44. The molecule has 0 aliphatic heterocycles. The Morgan fingerprint density at radius 2 is 1.87 bits per heavy atom. The van der Waals surface area contributed by atoms with Gasteiger partial charge in [-0.25, -0.2) is 0 Å². The maximum Gasteiger partial charge on any atom is 0.231 e. The van der Waals surface area contributed by atoms with Gasteiger partial charge in [-0.1, -0.05) is 29.3 Å². The van der Waals surface area contributed by atoms with Crippen molar-refractivity contribution in [2.75, 3.05) is 5.73 Å². The van der Waals surface area contributed by atoms with Crippen molar-refractivity contribution >= 4 is 45.6 Å². The van der Waals surface area contributed by atoms with Crippen LogP contribution in [-0.4, -0.2) is 5.78 Å². The van der Waals surface area contributed by atoms with Crippen molar-refractivity contribution < 1.29 is 9.21 Å². The lowest BCUT2D eigenvalue weighted by Gasteiger charge is -2.03. The Bertz CT molecular complexity index is 959. The Balaban J connectivity index is 1.87. The van der Waals surface area contributed by atoms with E-state index in [1.54, 1.807) is 18.2 Å². The summed E-state index contributed by atoms with van der Waals surface area (Å²) in [7, 11) is 0. The van der Waals surface area contributed by atoms with Gasteiger partial charge in [-0.05, 0) is 54.7 Å². The molecule has 3 aromatic rings. The smallest absolute Gasteiger partial charge is 0.231 e. The van der Waals surface area contributed by atoms with Crippen LogP contribution in [0, 0.1) is 0 Å². The third-order valence-electron chi connectivity index (χ3n) is 4.34. The van der Waals surface area contributed by atoms with Crippen LogP contribution in [0.4, 0.5) is 5.69 Å². The highest BCUT2D eigenvalue weighted by Gasteiger charge is 2.24. The molecule has 0 fully saturated rings. The number of fused-ring (bicyclic) bond motifs is 2. The summed E-state index contributed by atoms with van der Waals surface area (Å²) in [6.07, 6.45) is 3.22. The van der Waals surface area contributed by atoms with Crippen molar-refractivity contribution in [3.05, 3.63) is 62.8 Å². The lowest BCUT2D eigenvalue weighted by atomic mass is 10.0. The van der Waals surface area contributed by atoms with Gasteiger partial charge in [0, 0.05) is 10.9 Å². The number of aryl methyl sites for hydroxylation is 2. The molecule has 116 valence electrons. The lowest BCUT2D eigenvalue weighted by Crippen LogP contribution is -2.04. The summed E-state index contributed by atoms with van der Waals surface area (Å²) in [5.74, 6) is -0.237. The van der Waals surface area contributed by atoms with E-state index >= 15 is 0 Å². The number of hydrogen-bond acceptors (Lipinski definition) is 3. The van der Waals surface area contributed by atoms with E-state index in [4.69, 9.17) is 33.4 Å². The second-order valence-electron chi connectivity index (χ2n) is 5.75. The predicted molar refractivity (Wildman–Crippen MR) is 92.5 cm³/mol. The van der Waals surface area contributed by atoms with Crippen LogP contribution in [0.2, 0.25) is 10.0 Å². The molecule has 23 heavy (non-hydrogen) atoms. The molecule has 0 saturated heterocycles. The minimum absolute atomic E-state index is 0.118. The van der Waals surface area contributed by atoms with Crippen molar-refractivity contribution in [1.29, 1.82) is 0 Å². The Hall–Kier alpha value is -1.97. The van der Waals surface area contributed by atoms with Gasteiger partial charge < -0.3 is 10.2 Å². The van der Waals surface area contributed by atoms with Crippen LogP contribution < -0.4 is 5.73 Å². The largest absolute Gasteiger partial charge is 0.450 e. The maximum atomic E-state index is 12.7. The third kappa shape index (κ3) is 2.23. The molecule has 1 aromatic heterocycles. The van der Waals surface area contributed by atoms with Crippen LogP contribution >= 0.6 is 23.2 Å². The molecule has 0 atom stereocenters. The van der Waals surface area contributed by atoms with E-state index in [2.05, 4.69) is 0 Å². The van der Waals surface area contributed by atoms with Crippen LogP contribution in [0.15, 0.2) is 34.7 Å². The number of carbonyl (C=O) groups excluding carboxylic acids is 1. The van der Waals surface area contributed by atoms with E-state index < -0.39 is 0 Å². The molecule has 0 amide bonds. The second-order valence-corrected chi connectivity index (χ2v) is 6.53. The van der Waals surface area contributed by atoms with Crippen LogP contribution in [-0.2, 0) is 12.8 Å². The number of furan rings is 1. The van der Waals surface area contributed by atoms with E-state index in [1.165, 1.54) is 11.1 Å². The molecule has 0 saturated carbocycles. The first-order valence-electron chi connectivity index (χ1n) is 7.38. The molecule has 0 spiro atoms. The van der Waals surface area contributed by atoms with Gasteiger partial charge in [0.15, 0.2) is 5.76 Å². The Morgan fingerprint density at radius 1 is 1.13 bits per heavy atom. The summed E-state index contributed by atoms with van der Waals surface area (Å²) in [4.78, 5) is 12.7. The van der Waals surface area contributed by atoms with Gasteiger partial charge in [0.25, 0.3) is 0 Å². The molecular weight excluding hydrogens is 333 g/mol. The van der Waals surface area contributed by atoms with Gasteiger partial charge in [0.2, 0.25) is 5.78 Å². The summed E-state index contributed by atoms with van der Waals surface area (Å²) in [6.45, 7) is 0. The monoisotopic (exact) mass is 345 g/mol. The number of halogens is 2. The van der Waals surface area contributed by atoms with Crippen LogP contribution in [0.5, 0.6) is 0 Å². The van der Waals surface area contributed by atoms with Crippen molar-refractivity contribution in [3.63, 3.8) is 0 Å². The molecule has 5 heteroatoms. The number of hydrogen-bond donors (Lipinski definition) is 1. The van der Waals surface area contributed by atoms with E-state index in [9.17, 15) is 4.79 Å². The number of rotatable bonds is 2. The van der Waals surface area contributed by atoms with Gasteiger partial charge in [-0.2, -0.15) is 0 Å². The average molecular weight is 346 g/mol. The summed E-state index contributed by atoms with van der Waals surface area (Å²) < 4.78 is 5.76. The summed E-state index contributed by atoms with van der Waals surface area (Å²) in [6, 6.07) is 8.95. The van der Waals surface area contributed by atoms with Crippen LogP contribution in [0.1, 0.15) is 33.7 Å². The Labute approximate surface area is 143 Å². The molecule has 4 rings (SSSR count). The van der Waals surface area contributed by atoms with Crippen molar-refractivity contribution in [2.45, 2.75) is 19.3 Å². The van der Waals surface area contributed by atoms with Gasteiger partial charge >= 0.3 is 0 Å². The summed E-state index contributed by atoms with van der Waals surface area (Å²) in [5, 5.41) is 1.32. The van der Waals surface area contributed by atoms with Gasteiger partial charge in [-0.3, -0.25) is 4.79 Å². The topological polar surface area (TPSA) is 56.2 Å². The molecule has 0 bridgehead atoms. The molecular formula is C18H13Cl2NO2. The van der Waals surface area contributed by atoms with E-state index in [1.807, 2.05) is 12.1 Å². The number of carbonyl (C=O) groups is 1. The van der Waals surface area contributed by atoms with Crippen molar-refractivity contribution in [2.24, 2.45) is 0 Å². The second kappa shape index (κ2) is 5.29. The van der Waals surface area contributed by atoms with Gasteiger partial charge in [0.05, 0.1) is 15.7 Å². The van der Waals surface area contributed by atoms with Crippen LogP contribution in [0.25, 0.3) is 11.0 Å². The molecule has 1 aliphatic rings. The number of nitrogens with two attached hydrogens (primary N) is 1. The highest BCUT2D eigenvalue weighted by Crippen LogP contribution is 2.36. The van der Waals surface area contributed by atoms with Gasteiger partial charge in [-0.15, -0.1) is 0 Å². The fraction of sp³-hybridized carbons (Fsp3) is 0.167. The first kappa shape index (κ1) is 14.6. The van der Waals surface area contributed by atoms with E-state index in [0.717, 1.165) is 24.6 Å². The zero-order chi connectivity index (χ0) is 16.1. The Morgan fingerprint density at radius 3 is 2.65 bits per heavy atom. The number of nitrogen functional groups attached to an aromatic ring is 1. The third-order valence-corrected chi connectivity index (χ3v) is 5.16. The highest BCUT2D eigenvalue weighted by atomic mass is 35.5.